The second kappa shape index (κ2) is 5.32. The molecule has 1 aromatic rings. The first-order chi connectivity index (χ1) is 7.34. The Kier molecular flexibility index (Phi) is 3.80. The van der Waals surface area contributed by atoms with Crippen LogP contribution in [-0.4, -0.2) is 36.1 Å². The number of nitrogens with zero attached hydrogens (tertiary/aromatic N) is 2. The number of likely N-dealkylation sites (tertiary alicyclic amines) is 1. The van der Waals surface area contributed by atoms with Crippen LogP contribution in [0, 0.1) is 0 Å². The van der Waals surface area contributed by atoms with Crippen molar-refractivity contribution in [1.29, 1.82) is 0 Å². The van der Waals surface area contributed by atoms with E-state index in [1.807, 2.05) is 0 Å². The van der Waals surface area contributed by atoms with Gasteiger partial charge in [0.05, 0.1) is 6.20 Å². The van der Waals surface area contributed by atoms with E-state index in [4.69, 9.17) is 5.73 Å². The van der Waals surface area contributed by atoms with E-state index >= 15 is 0 Å². The van der Waals surface area contributed by atoms with Gasteiger partial charge in [-0.25, -0.2) is 4.98 Å². The number of nitrogens with one attached hydrogen (secondary N) is 1. The van der Waals surface area contributed by atoms with Gasteiger partial charge in [-0.2, -0.15) is 0 Å². The molecule has 0 bridgehead atoms. The molecule has 2 rings (SSSR count). The molecule has 0 aliphatic carbocycles. The Balaban J connectivity index is 1.58. The number of nitrogens with two attached hydrogens (primary N) is 1. The number of rotatable bonds is 5. The predicted octanol–water partition coefficient (Wildman–Crippen LogP) is 1.62. The molecular weight excluding hydrogens is 208 g/mol. The first-order valence-corrected chi connectivity index (χ1v) is 6.34. The van der Waals surface area contributed by atoms with Crippen LogP contribution >= 0.6 is 11.3 Å². The van der Waals surface area contributed by atoms with Gasteiger partial charge in [0.25, 0.3) is 0 Å². The van der Waals surface area contributed by atoms with E-state index < -0.39 is 0 Å². The quantitative estimate of drug-likeness (QED) is 0.749. The summed E-state index contributed by atoms with van der Waals surface area (Å²) in [5, 5.41) is 5.00. The lowest BCUT2D eigenvalue weighted by molar-refractivity contribution is 0.337. The summed E-state index contributed by atoms with van der Waals surface area (Å²) in [5.41, 5.74) is 5.59. The Morgan fingerprint density at radius 3 is 2.93 bits per heavy atom. The maximum Gasteiger partial charge on any atom is 0.184 e. The molecule has 2 heterocycles. The highest BCUT2D eigenvalue weighted by atomic mass is 32.1. The van der Waals surface area contributed by atoms with Crippen LogP contribution < -0.4 is 11.1 Å². The van der Waals surface area contributed by atoms with E-state index in [0.717, 1.165) is 16.7 Å². The second-order valence-electron chi connectivity index (χ2n) is 3.90. The van der Waals surface area contributed by atoms with Crippen molar-refractivity contribution < 1.29 is 0 Å². The summed E-state index contributed by atoms with van der Waals surface area (Å²) >= 11 is 1.51. The zero-order chi connectivity index (χ0) is 10.5. The van der Waals surface area contributed by atoms with Gasteiger partial charge in [0, 0.05) is 6.54 Å². The van der Waals surface area contributed by atoms with Crippen LogP contribution in [0.2, 0.25) is 0 Å². The molecule has 1 aromatic heterocycles. The number of hydrogen-bond acceptors (Lipinski definition) is 5. The van der Waals surface area contributed by atoms with Gasteiger partial charge in [-0.3, -0.25) is 0 Å². The summed E-state index contributed by atoms with van der Waals surface area (Å²) in [7, 11) is 0. The molecule has 15 heavy (non-hydrogen) atoms. The van der Waals surface area contributed by atoms with Crippen molar-refractivity contribution in [3.8, 4) is 0 Å². The minimum absolute atomic E-state index is 0.775. The smallest absolute Gasteiger partial charge is 0.184 e. The number of thiazole rings is 1. The van der Waals surface area contributed by atoms with Gasteiger partial charge in [-0.15, -0.1) is 0 Å². The molecule has 1 fully saturated rings. The third kappa shape index (κ3) is 3.35. The lowest BCUT2D eigenvalue weighted by atomic mass is 10.4. The van der Waals surface area contributed by atoms with E-state index in [2.05, 4.69) is 15.2 Å². The van der Waals surface area contributed by atoms with Gasteiger partial charge >= 0.3 is 0 Å². The summed E-state index contributed by atoms with van der Waals surface area (Å²) in [6.07, 6.45) is 5.62. The molecule has 1 saturated heterocycles. The van der Waals surface area contributed by atoms with Gasteiger partial charge in [-0.1, -0.05) is 11.3 Å². The van der Waals surface area contributed by atoms with Crippen molar-refractivity contribution in [2.75, 3.05) is 37.2 Å². The Labute approximate surface area is 94.5 Å². The normalized spacial score (nSPS) is 17.1. The maximum atomic E-state index is 5.59. The maximum absolute atomic E-state index is 5.59. The highest BCUT2D eigenvalue weighted by molar-refractivity contribution is 7.19. The zero-order valence-electron chi connectivity index (χ0n) is 8.91. The summed E-state index contributed by atoms with van der Waals surface area (Å²) in [6.45, 7) is 4.76. The average molecular weight is 226 g/mol. The van der Waals surface area contributed by atoms with Crippen LogP contribution in [0.25, 0.3) is 0 Å². The molecule has 0 spiro atoms. The molecule has 1 aliphatic rings. The number of aromatic nitrogens is 1. The molecule has 3 N–H and O–H groups in total. The SMILES string of the molecule is Nc1cnc(NCCCN2CCCC2)s1. The highest BCUT2D eigenvalue weighted by Gasteiger charge is 2.10. The minimum Gasteiger partial charge on any atom is -0.389 e. The minimum atomic E-state index is 0.775. The predicted molar refractivity (Wildman–Crippen MR) is 65.3 cm³/mol. The topological polar surface area (TPSA) is 54.2 Å². The number of nitrogen functional groups attached to an aromatic ring is 1. The second-order valence-corrected chi connectivity index (χ2v) is 4.96. The van der Waals surface area contributed by atoms with Crippen molar-refractivity contribution in [1.82, 2.24) is 9.88 Å². The molecule has 0 atom stereocenters. The van der Waals surface area contributed by atoms with E-state index in [1.54, 1.807) is 6.20 Å². The van der Waals surface area contributed by atoms with Crippen molar-refractivity contribution >= 4 is 21.5 Å². The Hall–Kier alpha value is -0.810. The zero-order valence-corrected chi connectivity index (χ0v) is 9.72. The molecule has 4 nitrogen and oxygen atoms in total. The van der Waals surface area contributed by atoms with Crippen LogP contribution in [0.1, 0.15) is 19.3 Å². The Morgan fingerprint density at radius 2 is 2.27 bits per heavy atom. The molecule has 0 aromatic carbocycles. The van der Waals surface area contributed by atoms with E-state index in [-0.39, 0.29) is 0 Å². The molecule has 0 saturated carbocycles. The number of anilines is 2. The molecular formula is C10H18N4S. The van der Waals surface area contributed by atoms with E-state index in [0.29, 0.717) is 0 Å². The fourth-order valence-corrected chi connectivity index (χ4v) is 2.48. The Bertz CT molecular complexity index is 293. The first-order valence-electron chi connectivity index (χ1n) is 5.52. The summed E-state index contributed by atoms with van der Waals surface area (Å²) in [4.78, 5) is 6.68. The van der Waals surface area contributed by atoms with Crippen molar-refractivity contribution in [3.63, 3.8) is 0 Å². The Morgan fingerprint density at radius 1 is 1.47 bits per heavy atom. The van der Waals surface area contributed by atoms with Crippen molar-refractivity contribution in [2.45, 2.75) is 19.3 Å². The lowest BCUT2D eigenvalue weighted by Crippen LogP contribution is -2.22. The van der Waals surface area contributed by atoms with E-state index in [9.17, 15) is 0 Å². The molecule has 0 amide bonds. The fourth-order valence-electron chi connectivity index (χ4n) is 1.87. The number of hydrogen-bond donors (Lipinski definition) is 2. The third-order valence-electron chi connectivity index (χ3n) is 2.65. The summed E-state index contributed by atoms with van der Waals surface area (Å²) in [6, 6.07) is 0. The van der Waals surface area contributed by atoms with Crippen LogP contribution in [0.3, 0.4) is 0 Å². The fraction of sp³-hybridized carbons (Fsp3) is 0.700. The van der Waals surface area contributed by atoms with Crippen molar-refractivity contribution in [3.05, 3.63) is 6.20 Å². The molecule has 1 aliphatic heterocycles. The lowest BCUT2D eigenvalue weighted by Gasteiger charge is -2.13. The highest BCUT2D eigenvalue weighted by Crippen LogP contribution is 2.19. The van der Waals surface area contributed by atoms with Crippen LogP contribution in [0.15, 0.2) is 6.20 Å². The third-order valence-corrected chi connectivity index (χ3v) is 3.43. The standard InChI is InChI=1S/C10H18N4S/c11-9-8-13-10(15-9)12-4-3-7-14-5-1-2-6-14/h8H,1-7,11H2,(H,12,13). The van der Waals surface area contributed by atoms with Gasteiger partial charge < -0.3 is 16.0 Å². The molecule has 0 unspecified atom stereocenters. The van der Waals surface area contributed by atoms with Gasteiger partial charge in [0.2, 0.25) is 0 Å². The molecule has 0 radical (unpaired) electrons. The van der Waals surface area contributed by atoms with Gasteiger partial charge in [-0.05, 0) is 38.9 Å². The average Bonchev–Trinajstić information content (AvgIpc) is 2.84. The van der Waals surface area contributed by atoms with Crippen LogP contribution in [0.4, 0.5) is 10.1 Å². The van der Waals surface area contributed by atoms with Crippen LogP contribution in [-0.2, 0) is 0 Å². The van der Waals surface area contributed by atoms with Crippen molar-refractivity contribution in [2.24, 2.45) is 0 Å². The van der Waals surface area contributed by atoms with Crippen LogP contribution in [0.5, 0.6) is 0 Å². The molecule has 5 heteroatoms. The first kappa shape index (κ1) is 10.7. The van der Waals surface area contributed by atoms with Gasteiger partial charge in [0.15, 0.2) is 5.13 Å². The van der Waals surface area contributed by atoms with Gasteiger partial charge in [0.1, 0.15) is 5.00 Å². The largest absolute Gasteiger partial charge is 0.389 e. The molecule has 84 valence electrons. The summed E-state index contributed by atoms with van der Waals surface area (Å²) < 4.78 is 0. The monoisotopic (exact) mass is 226 g/mol. The summed E-state index contributed by atoms with van der Waals surface area (Å²) in [5.74, 6) is 0. The van der Waals surface area contributed by atoms with E-state index in [1.165, 1.54) is 50.2 Å².